The van der Waals surface area contributed by atoms with Gasteiger partial charge in [-0.05, 0) is 36.8 Å². The Morgan fingerprint density at radius 1 is 1.05 bits per heavy atom. The van der Waals surface area contributed by atoms with Crippen molar-refractivity contribution in [1.82, 2.24) is 19.7 Å². The molecule has 0 unspecified atom stereocenters. The number of carbonyl (C=O) groups excluding carboxylic acids is 1. The molecule has 0 aliphatic heterocycles. The van der Waals surface area contributed by atoms with Gasteiger partial charge in [0.2, 0.25) is 5.91 Å². The van der Waals surface area contributed by atoms with Crippen LogP contribution in [0.2, 0.25) is 5.02 Å². The molecule has 6 nitrogen and oxygen atoms in total. The summed E-state index contributed by atoms with van der Waals surface area (Å²) in [6.07, 6.45) is -2.77. The summed E-state index contributed by atoms with van der Waals surface area (Å²) in [5.41, 5.74) is 2.45. The lowest BCUT2D eigenvalue weighted by Crippen LogP contribution is -2.14. The number of anilines is 1. The molecule has 1 N–H and O–H groups in total. The average molecular weight is 600 g/mol. The molecule has 3 aromatic carbocycles. The molecule has 5 rings (SSSR count). The second-order valence-electron chi connectivity index (χ2n) is 8.80. The van der Waals surface area contributed by atoms with Crippen LogP contribution < -0.4 is 5.32 Å². The van der Waals surface area contributed by atoms with Gasteiger partial charge in [-0.2, -0.15) is 13.2 Å². The number of rotatable bonds is 8. The van der Waals surface area contributed by atoms with Crippen molar-refractivity contribution in [2.45, 2.75) is 24.7 Å². The van der Waals surface area contributed by atoms with Crippen molar-refractivity contribution in [2.24, 2.45) is 0 Å². The van der Waals surface area contributed by atoms with Crippen LogP contribution >= 0.6 is 34.7 Å². The van der Waals surface area contributed by atoms with Crippen LogP contribution in [0.25, 0.3) is 17.1 Å². The Morgan fingerprint density at radius 3 is 2.52 bits per heavy atom. The van der Waals surface area contributed by atoms with E-state index >= 15 is 0 Å². The number of hydrogen-bond acceptors (Lipinski definition) is 6. The standard InChI is InChI=1S/C28H21ClF3N5OS2/c1-17-7-10-20(11-8-17)37-25(19-5-3-2-4-6-19)35-36-27(37)39-16-24(38)34-26-33-15-21(40-26)13-18-9-12-23(29)22(14-18)28(30,31)32/h2-12,14-15H,13,16H2,1H3,(H,33,34,38). The van der Waals surface area contributed by atoms with Crippen LogP contribution in [0.5, 0.6) is 0 Å². The zero-order chi connectivity index (χ0) is 28.3. The number of aryl methyl sites for hydroxylation is 1. The smallest absolute Gasteiger partial charge is 0.301 e. The maximum atomic E-state index is 13.2. The Kier molecular flexibility index (Phi) is 8.24. The number of hydrogen-bond donors (Lipinski definition) is 1. The molecular formula is C28H21ClF3N5OS2. The molecule has 0 aliphatic carbocycles. The molecule has 1 amide bonds. The third-order valence-corrected chi connectivity index (χ3v) is 7.98. The summed E-state index contributed by atoms with van der Waals surface area (Å²) in [7, 11) is 0. The predicted molar refractivity (Wildman–Crippen MR) is 152 cm³/mol. The average Bonchev–Trinajstić information content (AvgIpc) is 3.55. The maximum Gasteiger partial charge on any atom is 0.417 e. The fourth-order valence-corrected chi connectivity index (χ4v) is 5.74. The Balaban J connectivity index is 1.27. The third-order valence-electron chi connectivity index (χ3n) is 5.80. The minimum atomic E-state index is -4.54. The molecular weight excluding hydrogens is 579 g/mol. The molecule has 12 heteroatoms. The highest BCUT2D eigenvalue weighted by Crippen LogP contribution is 2.36. The number of amides is 1. The van der Waals surface area contributed by atoms with Crippen molar-refractivity contribution in [3.05, 3.63) is 106 Å². The largest absolute Gasteiger partial charge is 0.417 e. The Labute approximate surface area is 241 Å². The van der Waals surface area contributed by atoms with Gasteiger partial charge in [0.1, 0.15) is 0 Å². The highest BCUT2D eigenvalue weighted by atomic mass is 35.5. The van der Waals surface area contributed by atoms with E-state index in [1.165, 1.54) is 35.4 Å². The number of halogens is 4. The number of alkyl halides is 3. The minimum Gasteiger partial charge on any atom is -0.301 e. The molecule has 204 valence electrons. The quantitative estimate of drug-likeness (QED) is 0.185. The molecule has 0 saturated carbocycles. The number of benzene rings is 3. The highest BCUT2D eigenvalue weighted by Gasteiger charge is 2.33. The van der Waals surface area contributed by atoms with Crippen LogP contribution in [-0.2, 0) is 17.4 Å². The summed E-state index contributed by atoms with van der Waals surface area (Å²) in [5.74, 6) is 0.420. The van der Waals surface area contributed by atoms with Crippen molar-refractivity contribution in [3.8, 4) is 17.1 Å². The zero-order valence-corrected chi connectivity index (χ0v) is 23.3. The van der Waals surface area contributed by atoms with Crippen molar-refractivity contribution >= 4 is 45.7 Å². The lowest BCUT2D eigenvalue weighted by molar-refractivity contribution is -0.137. The van der Waals surface area contributed by atoms with Crippen LogP contribution in [0.15, 0.2) is 84.1 Å². The molecule has 2 aromatic heterocycles. The number of thioether (sulfide) groups is 1. The van der Waals surface area contributed by atoms with Crippen LogP contribution in [0, 0.1) is 6.92 Å². The molecule has 2 heterocycles. The van der Waals surface area contributed by atoms with Gasteiger partial charge in [-0.25, -0.2) is 4.98 Å². The lowest BCUT2D eigenvalue weighted by atomic mass is 10.1. The van der Waals surface area contributed by atoms with Crippen molar-refractivity contribution in [2.75, 3.05) is 11.1 Å². The van der Waals surface area contributed by atoms with Crippen molar-refractivity contribution < 1.29 is 18.0 Å². The molecule has 0 atom stereocenters. The van der Waals surface area contributed by atoms with Gasteiger partial charge in [0, 0.05) is 28.7 Å². The summed E-state index contributed by atoms with van der Waals surface area (Å²) in [6, 6.07) is 21.4. The molecule has 0 fully saturated rings. The highest BCUT2D eigenvalue weighted by molar-refractivity contribution is 7.99. The summed E-state index contributed by atoms with van der Waals surface area (Å²) < 4.78 is 41.5. The Hall–Kier alpha value is -3.67. The first kappa shape index (κ1) is 27.9. The van der Waals surface area contributed by atoms with E-state index in [9.17, 15) is 18.0 Å². The monoisotopic (exact) mass is 599 g/mol. The number of nitrogens with one attached hydrogen (secondary N) is 1. The Morgan fingerprint density at radius 2 is 1.80 bits per heavy atom. The van der Waals surface area contributed by atoms with Gasteiger partial charge in [-0.15, -0.1) is 21.5 Å². The van der Waals surface area contributed by atoms with Gasteiger partial charge in [-0.1, -0.05) is 77.5 Å². The second kappa shape index (κ2) is 11.8. The molecule has 0 aliphatic rings. The van der Waals surface area contributed by atoms with E-state index in [1.54, 1.807) is 6.07 Å². The molecule has 40 heavy (non-hydrogen) atoms. The topological polar surface area (TPSA) is 72.7 Å². The van der Waals surface area contributed by atoms with Crippen LogP contribution in [0.4, 0.5) is 18.3 Å². The minimum absolute atomic E-state index is 0.0554. The van der Waals surface area contributed by atoms with Crippen LogP contribution in [0.3, 0.4) is 0 Å². The molecule has 0 bridgehead atoms. The fraction of sp³-hybridized carbons (Fsp3) is 0.143. The number of thiazole rings is 1. The summed E-state index contributed by atoms with van der Waals surface area (Å²) >= 11 is 8.15. The summed E-state index contributed by atoms with van der Waals surface area (Å²) in [6.45, 7) is 2.01. The maximum absolute atomic E-state index is 13.2. The van der Waals surface area contributed by atoms with Crippen LogP contribution in [-0.4, -0.2) is 31.4 Å². The van der Waals surface area contributed by atoms with Gasteiger partial charge in [-0.3, -0.25) is 9.36 Å². The molecule has 0 saturated heterocycles. The van der Waals surface area contributed by atoms with E-state index in [-0.39, 0.29) is 23.1 Å². The van der Waals surface area contributed by atoms with Crippen molar-refractivity contribution in [3.63, 3.8) is 0 Å². The first-order chi connectivity index (χ1) is 19.2. The molecule has 0 radical (unpaired) electrons. The lowest BCUT2D eigenvalue weighted by Gasteiger charge is -2.11. The van der Waals surface area contributed by atoms with E-state index in [2.05, 4.69) is 20.5 Å². The Bertz CT molecular complexity index is 1640. The molecule has 0 spiro atoms. The van der Waals surface area contributed by atoms with E-state index in [0.29, 0.717) is 26.6 Å². The van der Waals surface area contributed by atoms with Crippen LogP contribution in [0.1, 0.15) is 21.6 Å². The second-order valence-corrected chi connectivity index (χ2v) is 11.3. The van der Waals surface area contributed by atoms with Gasteiger partial charge in [0.05, 0.1) is 16.3 Å². The first-order valence-corrected chi connectivity index (χ1v) is 14.2. The van der Waals surface area contributed by atoms with E-state index in [1.807, 2.05) is 66.1 Å². The van der Waals surface area contributed by atoms with Crippen molar-refractivity contribution in [1.29, 1.82) is 0 Å². The predicted octanol–water partition coefficient (Wildman–Crippen LogP) is 7.69. The van der Waals surface area contributed by atoms with Gasteiger partial charge < -0.3 is 5.32 Å². The SMILES string of the molecule is Cc1ccc(-n2c(SCC(=O)Nc3ncc(Cc4ccc(Cl)c(C(F)(F)F)c4)s3)nnc2-c2ccccc2)cc1. The number of nitrogens with zero attached hydrogens (tertiary/aromatic N) is 4. The van der Waals surface area contributed by atoms with Gasteiger partial charge in [0.25, 0.3) is 0 Å². The molecule has 5 aromatic rings. The third kappa shape index (κ3) is 6.55. The van der Waals surface area contributed by atoms with E-state index in [0.717, 1.165) is 22.9 Å². The van der Waals surface area contributed by atoms with Gasteiger partial charge >= 0.3 is 6.18 Å². The fourth-order valence-electron chi connectivity index (χ4n) is 3.90. The number of carbonyl (C=O) groups is 1. The van der Waals surface area contributed by atoms with Gasteiger partial charge in [0.15, 0.2) is 16.1 Å². The summed E-state index contributed by atoms with van der Waals surface area (Å²) in [4.78, 5) is 17.7. The summed E-state index contributed by atoms with van der Waals surface area (Å²) in [5, 5.41) is 12.1. The van der Waals surface area contributed by atoms with E-state index in [4.69, 9.17) is 11.6 Å². The normalized spacial score (nSPS) is 11.5. The zero-order valence-electron chi connectivity index (χ0n) is 20.9. The first-order valence-electron chi connectivity index (χ1n) is 12.0. The number of aromatic nitrogens is 4. The van der Waals surface area contributed by atoms with E-state index < -0.39 is 11.7 Å².